The lowest BCUT2D eigenvalue weighted by molar-refractivity contribution is -0.385. The van der Waals surface area contributed by atoms with E-state index in [9.17, 15) is 10.1 Å². The summed E-state index contributed by atoms with van der Waals surface area (Å²) in [7, 11) is 0. The molecule has 0 fully saturated rings. The lowest BCUT2D eigenvalue weighted by atomic mass is 10.0. The van der Waals surface area contributed by atoms with E-state index in [0.717, 1.165) is 6.20 Å². The molecular weight excluding hydrogens is 186 g/mol. The molecule has 1 heterocycles. The molecule has 14 heavy (non-hydrogen) atoms. The Labute approximate surface area is 80.4 Å². The number of aromatic amines is 1. The van der Waals surface area contributed by atoms with Crippen molar-refractivity contribution in [2.75, 3.05) is 6.61 Å². The number of nitro groups is 1. The lowest BCUT2D eigenvalue weighted by Gasteiger charge is -2.07. The van der Waals surface area contributed by atoms with Gasteiger partial charge in [0.25, 0.3) is 0 Å². The van der Waals surface area contributed by atoms with E-state index in [0.29, 0.717) is 12.1 Å². The van der Waals surface area contributed by atoms with Crippen molar-refractivity contribution >= 4 is 5.69 Å². The molecule has 1 unspecified atom stereocenters. The maximum Gasteiger partial charge on any atom is 0.310 e. The number of H-pyrrole nitrogens is 1. The van der Waals surface area contributed by atoms with E-state index in [1.807, 2.05) is 0 Å². The number of rotatable bonds is 5. The minimum atomic E-state index is -0.523. The van der Waals surface area contributed by atoms with E-state index in [2.05, 4.69) is 16.8 Å². The van der Waals surface area contributed by atoms with Gasteiger partial charge in [0, 0.05) is 5.92 Å². The molecule has 0 aliphatic carbocycles. The van der Waals surface area contributed by atoms with Crippen molar-refractivity contribution < 1.29 is 10.0 Å². The van der Waals surface area contributed by atoms with Crippen LogP contribution in [0.2, 0.25) is 0 Å². The first kappa shape index (κ1) is 10.4. The van der Waals surface area contributed by atoms with Gasteiger partial charge in [-0.15, -0.1) is 6.58 Å². The molecule has 0 aliphatic heterocycles. The average Bonchev–Trinajstić information content (AvgIpc) is 2.62. The summed E-state index contributed by atoms with van der Waals surface area (Å²) in [6.45, 7) is 3.35. The summed E-state index contributed by atoms with van der Waals surface area (Å²) in [5.74, 6) is -0.338. The molecule has 0 bridgehead atoms. The molecule has 1 rings (SSSR count). The highest BCUT2D eigenvalue weighted by atomic mass is 16.6. The number of nitrogens with zero attached hydrogens (tertiary/aromatic N) is 2. The minimum absolute atomic E-state index is 0.0918. The summed E-state index contributed by atoms with van der Waals surface area (Å²) in [6, 6.07) is 0. The van der Waals surface area contributed by atoms with Gasteiger partial charge in [-0.3, -0.25) is 15.2 Å². The van der Waals surface area contributed by atoms with Crippen molar-refractivity contribution in [2.24, 2.45) is 0 Å². The largest absolute Gasteiger partial charge is 0.396 e. The molecule has 1 aromatic heterocycles. The van der Waals surface area contributed by atoms with Crippen LogP contribution in [0.25, 0.3) is 0 Å². The molecule has 1 aromatic rings. The average molecular weight is 197 g/mol. The fraction of sp³-hybridized carbons (Fsp3) is 0.375. The molecule has 2 N–H and O–H groups in total. The highest BCUT2D eigenvalue weighted by Gasteiger charge is 2.22. The summed E-state index contributed by atoms with van der Waals surface area (Å²) >= 11 is 0. The molecule has 0 spiro atoms. The second-order valence-electron chi connectivity index (χ2n) is 2.83. The van der Waals surface area contributed by atoms with Crippen LogP contribution >= 0.6 is 0 Å². The van der Waals surface area contributed by atoms with Crippen LogP contribution in [-0.4, -0.2) is 26.8 Å². The van der Waals surface area contributed by atoms with E-state index in [-0.39, 0.29) is 18.2 Å². The summed E-state index contributed by atoms with van der Waals surface area (Å²) in [5.41, 5.74) is 0.253. The van der Waals surface area contributed by atoms with E-state index in [1.54, 1.807) is 6.08 Å². The molecular formula is C8H11N3O3. The number of hydrogen-bond acceptors (Lipinski definition) is 4. The van der Waals surface area contributed by atoms with Crippen LogP contribution in [0.5, 0.6) is 0 Å². The van der Waals surface area contributed by atoms with Crippen LogP contribution < -0.4 is 0 Å². The van der Waals surface area contributed by atoms with E-state index >= 15 is 0 Å². The van der Waals surface area contributed by atoms with Crippen LogP contribution in [-0.2, 0) is 0 Å². The predicted molar refractivity (Wildman–Crippen MR) is 49.9 cm³/mol. The molecule has 0 aliphatic rings. The van der Waals surface area contributed by atoms with Crippen LogP contribution in [0.3, 0.4) is 0 Å². The summed E-state index contributed by atoms with van der Waals surface area (Å²) in [4.78, 5) is 10.0. The Morgan fingerprint density at radius 2 is 2.57 bits per heavy atom. The normalized spacial score (nSPS) is 12.4. The molecule has 6 nitrogen and oxygen atoms in total. The standard InChI is InChI=1S/C8H11N3O3/c1-2-3-6(5-12)8-7(11(13)14)4-9-10-8/h2,4,6,12H,1,3,5H2,(H,9,10). The van der Waals surface area contributed by atoms with Gasteiger partial charge in [-0.05, 0) is 6.42 Å². The number of aliphatic hydroxyl groups is 1. The van der Waals surface area contributed by atoms with Crippen LogP contribution in [0, 0.1) is 10.1 Å². The van der Waals surface area contributed by atoms with Crippen molar-refractivity contribution in [3.8, 4) is 0 Å². The van der Waals surface area contributed by atoms with E-state index < -0.39 is 4.92 Å². The van der Waals surface area contributed by atoms with E-state index in [1.165, 1.54) is 0 Å². The van der Waals surface area contributed by atoms with Crippen molar-refractivity contribution in [2.45, 2.75) is 12.3 Å². The first-order valence-corrected chi connectivity index (χ1v) is 4.10. The minimum Gasteiger partial charge on any atom is -0.396 e. The number of allylic oxidation sites excluding steroid dienone is 1. The van der Waals surface area contributed by atoms with Crippen LogP contribution in [0.1, 0.15) is 18.0 Å². The molecule has 76 valence electrons. The van der Waals surface area contributed by atoms with Crippen LogP contribution in [0.15, 0.2) is 18.9 Å². The monoisotopic (exact) mass is 197 g/mol. The highest BCUT2D eigenvalue weighted by Crippen LogP contribution is 2.26. The van der Waals surface area contributed by atoms with Crippen molar-refractivity contribution in [3.05, 3.63) is 34.7 Å². The third-order valence-electron chi connectivity index (χ3n) is 1.92. The van der Waals surface area contributed by atoms with Gasteiger partial charge in [0.15, 0.2) is 0 Å². The Morgan fingerprint density at radius 1 is 1.86 bits per heavy atom. The Kier molecular flexibility index (Phi) is 3.35. The zero-order chi connectivity index (χ0) is 10.6. The Bertz CT molecular complexity index is 334. The number of hydrogen-bond donors (Lipinski definition) is 2. The fourth-order valence-corrected chi connectivity index (χ4v) is 1.22. The second kappa shape index (κ2) is 4.52. The summed E-state index contributed by atoms with van der Waals surface area (Å²) < 4.78 is 0. The van der Waals surface area contributed by atoms with Crippen LogP contribution in [0.4, 0.5) is 5.69 Å². The van der Waals surface area contributed by atoms with Gasteiger partial charge >= 0.3 is 5.69 Å². The first-order chi connectivity index (χ1) is 6.70. The lowest BCUT2D eigenvalue weighted by Crippen LogP contribution is -2.06. The second-order valence-corrected chi connectivity index (χ2v) is 2.83. The molecule has 1 atom stereocenters. The Hall–Kier alpha value is -1.69. The summed E-state index contributed by atoms with van der Waals surface area (Å²) in [6.07, 6.45) is 3.21. The molecule has 0 saturated carbocycles. The van der Waals surface area contributed by atoms with Crippen molar-refractivity contribution in [3.63, 3.8) is 0 Å². The fourth-order valence-electron chi connectivity index (χ4n) is 1.22. The summed E-state index contributed by atoms with van der Waals surface area (Å²) in [5, 5.41) is 25.7. The molecule has 0 amide bonds. The zero-order valence-corrected chi connectivity index (χ0v) is 7.51. The van der Waals surface area contributed by atoms with E-state index in [4.69, 9.17) is 5.11 Å². The molecule has 0 saturated heterocycles. The quantitative estimate of drug-likeness (QED) is 0.418. The van der Waals surface area contributed by atoms with Gasteiger partial charge in [0.05, 0.1) is 11.5 Å². The maximum atomic E-state index is 10.5. The predicted octanol–water partition coefficient (Wildman–Crippen LogP) is 0.970. The zero-order valence-electron chi connectivity index (χ0n) is 7.51. The molecule has 6 heteroatoms. The van der Waals surface area contributed by atoms with Crippen molar-refractivity contribution in [1.29, 1.82) is 0 Å². The maximum absolute atomic E-state index is 10.5. The first-order valence-electron chi connectivity index (χ1n) is 4.10. The molecule has 0 radical (unpaired) electrons. The van der Waals surface area contributed by atoms with Gasteiger partial charge in [0.1, 0.15) is 11.9 Å². The van der Waals surface area contributed by atoms with Gasteiger partial charge in [-0.2, -0.15) is 5.10 Å². The smallest absolute Gasteiger partial charge is 0.310 e. The third-order valence-corrected chi connectivity index (χ3v) is 1.92. The van der Waals surface area contributed by atoms with Gasteiger partial charge in [-0.25, -0.2) is 0 Å². The SMILES string of the molecule is C=CCC(CO)c1[nH]ncc1[N+](=O)[O-]. The van der Waals surface area contributed by atoms with Gasteiger partial charge in [0.2, 0.25) is 0 Å². The van der Waals surface area contributed by atoms with Gasteiger partial charge < -0.3 is 5.11 Å². The molecule has 0 aromatic carbocycles. The van der Waals surface area contributed by atoms with Crippen molar-refractivity contribution in [1.82, 2.24) is 10.2 Å². The number of nitrogens with one attached hydrogen (secondary N) is 1. The Balaban J connectivity index is 2.96. The Morgan fingerprint density at radius 3 is 3.07 bits per heavy atom. The van der Waals surface area contributed by atoms with Gasteiger partial charge in [-0.1, -0.05) is 6.08 Å². The number of aromatic nitrogens is 2. The highest BCUT2D eigenvalue weighted by molar-refractivity contribution is 5.35. The third kappa shape index (κ3) is 1.97. The number of aliphatic hydroxyl groups excluding tert-OH is 1. The topological polar surface area (TPSA) is 92.0 Å².